The van der Waals surface area contributed by atoms with Crippen LogP contribution in [0.3, 0.4) is 0 Å². The zero-order valence-electron chi connectivity index (χ0n) is 10.5. The van der Waals surface area contributed by atoms with Gasteiger partial charge in [-0.3, -0.25) is 0 Å². The van der Waals surface area contributed by atoms with Crippen molar-refractivity contribution in [2.45, 2.75) is 13.5 Å². The van der Waals surface area contributed by atoms with Gasteiger partial charge in [0.25, 0.3) is 0 Å². The highest BCUT2D eigenvalue weighted by molar-refractivity contribution is 6.31. The minimum atomic E-state index is -0.943. The molecule has 4 heteroatoms. The van der Waals surface area contributed by atoms with Crippen molar-refractivity contribution in [3.63, 3.8) is 0 Å². The molecule has 2 rings (SSSR count). The second-order valence-electron chi connectivity index (χ2n) is 4.30. The van der Waals surface area contributed by atoms with Gasteiger partial charge in [0.2, 0.25) is 0 Å². The van der Waals surface area contributed by atoms with Gasteiger partial charge in [-0.2, -0.15) is 0 Å². The molecule has 0 saturated heterocycles. The number of hydrogen-bond donors (Lipinski definition) is 2. The van der Waals surface area contributed by atoms with E-state index in [9.17, 15) is 4.79 Å². The Morgan fingerprint density at radius 1 is 1.26 bits per heavy atom. The first-order chi connectivity index (χ1) is 9.08. The van der Waals surface area contributed by atoms with Gasteiger partial charge >= 0.3 is 5.97 Å². The summed E-state index contributed by atoms with van der Waals surface area (Å²) in [5.74, 6) is -0.943. The number of nitrogens with one attached hydrogen (secondary N) is 1. The lowest BCUT2D eigenvalue weighted by atomic mass is 10.1. The van der Waals surface area contributed by atoms with Gasteiger partial charge in [0.1, 0.15) is 0 Å². The van der Waals surface area contributed by atoms with Crippen LogP contribution in [-0.2, 0) is 6.54 Å². The van der Waals surface area contributed by atoms with Crippen LogP contribution >= 0.6 is 11.6 Å². The number of anilines is 1. The Balaban J connectivity index is 2.22. The molecule has 0 aromatic heterocycles. The van der Waals surface area contributed by atoms with Gasteiger partial charge in [-0.15, -0.1) is 0 Å². The summed E-state index contributed by atoms with van der Waals surface area (Å²) in [6.07, 6.45) is 0. The molecule has 2 aromatic rings. The zero-order chi connectivity index (χ0) is 13.8. The molecule has 0 amide bonds. The molecule has 0 aliphatic carbocycles. The second-order valence-corrected chi connectivity index (χ2v) is 4.71. The quantitative estimate of drug-likeness (QED) is 0.888. The lowest BCUT2D eigenvalue weighted by Gasteiger charge is -2.11. The van der Waals surface area contributed by atoms with Crippen molar-refractivity contribution in [3.05, 3.63) is 64.2 Å². The average molecular weight is 276 g/mol. The highest BCUT2D eigenvalue weighted by Crippen LogP contribution is 2.21. The van der Waals surface area contributed by atoms with Crippen LogP contribution in [0.4, 0.5) is 5.69 Å². The van der Waals surface area contributed by atoms with E-state index in [2.05, 4.69) is 5.32 Å². The van der Waals surface area contributed by atoms with Crippen LogP contribution in [0.25, 0.3) is 0 Å². The number of halogens is 1. The molecule has 2 aromatic carbocycles. The number of carbonyl (C=O) groups is 1. The van der Waals surface area contributed by atoms with Gasteiger partial charge < -0.3 is 10.4 Å². The molecule has 98 valence electrons. The molecule has 0 spiro atoms. The Morgan fingerprint density at radius 3 is 2.68 bits per heavy atom. The SMILES string of the molecule is Cc1ccc(C(=O)O)c(NCc2ccccc2Cl)c1. The maximum Gasteiger partial charge on any atom is 0.337 e. The Labute approximate surface area is 116 Å². The number of benzene rings is 2. The molecule has 0 fully saturated rings. The third-order valence-corrected chi connectivity index (χ3v) is 3.20. The molecule has 0 bridgehead atoms. The normalized spacial score (nSPS) is 10.2. The van der Waals surface area contributed by atoms with E-state index in [1.54, 1.807) is 12.1 Å². The monoisotopic (exact) mass is 275 g/mol. The van der Waals surface area contributed by atoms with Crippen molar-refractivity contribution in [2.24, 2.45) is 0 Å². The van der Waals surface area contributed by atoms with E-state index in [0.29, 0.717) is 17.3 Å². The van der Waals surface area contributed by atoms with E-state index in [4.69, 9.17) is 16.7 Å². The summed E-state index contributed by atoms with van der Waals surface area (Å²) in [5.41, 5.74) is 2.80. The topological polar surface area (TPSA) is 49.3 Å². The minimum Gasteiger partial charge on any atom is -0.478 e. The molecule has 0 heterocycles. The maximum absolute atomic E-state index is 11.1. The number of hydrogen-bond acceptors (Lipinski definition) is 2. The van der Waals surface area contributed by atoms with Crippen LogP contribution in [-0.4, -0.2) is 11.1 Å². The predicted molar refractivity (Wildman–Crippen MR) is 76.9 cm³/mol. The van der Waals surface area contributed by atoms with Gasteiger partial charge in [-0.1, -0.05) is 35.9 Å². The van der Waals surface area contributed by atoms with Gasteiger partial charge in [-0.25, -0.2) is 4.79 Å². The largest absolute Gasteiger partial charge is 0.478 e. The second kappa shape index (κ2) is 5.76. The standard InChI is InChI=1S/C15H14ClNO2/c1-10-6-7-12(15(18)19)14(8-10)17-9-11-4-2-3-5-13(11)16/h2-8,17H,9H2,1H3,(H,18,19). The lowest BCUT2D eigenvalue weighted by Crippen LogP contribution is -2.07. The molecular weight excluding hydrogens is 262 g/mol. The number of rotatable bonds is 4. The summed E-state index contributed by atoms with van der Waals surface area (Å²) in [4.78, 5) is 11.1. The molecule has 0 atom stereocenters. The number of carboxylic acids is 1. The Hall–Kier alpha value is -2.00. The summed E-state index contributed by atoms with van der Waals surface area (Å²) in [6.45, 7) is 2.41. The van der Waals surface area contributed by atoms with Crippen LogP contribution in [0.1, 0.15) is 21.5 Å². The number of aromatic carboxylic acids is 1. The highest BCUT2D eigenvalue weighted by atomic mass is 35.5. The zero-order valence-corrected chi connectivity index (χ0v) is 11.2. The van der Waals surface area contributed by atoms with Crippen molar-refractivity contribution >= 4 is 23.3 Å². The number of aryl methyl sites for hydroxylation is 1. The van der Waals surface area contributed by atoms with Crippen LogP contribution < -0.4 is 5.32 Å². The first-order valence-electron chi connectivity index (χ1n) is 5.89. The van der Waals surface area contributed by atoms with Crippen LogP contribution in [0, 0.1) is 6.92 Å². The van der Waals surface area contributed by atoms with Crippen LogP contribution in [0.2, 0.25) is 5.02 Å². The summed E-state index contributed by atoms with van der Waals surface area (Å²) >= 11 is 6.07. The van der Waals surface area contributed by atoms with Crippen molar-refractivity contribution in [1.82, 2.24) is 0 Å². The molecular formula is C15H14ClNO2. The van der Waals surface area contributed by atoms with Gasteiger partial charge in [-0.05, 0) is 36.2 Å². The fourth-order valence-corrected chi connectivity index (χ4v) is 2.03. The van der Waals surface area contributed by atoms with Gasteiger partial charge in [0, 0.05) is 17.3 Å². The van der Waals surface area contributed by atoms with E-state index in [1.165, 1.54) is 0 Å². The third kappa shape index (κ3) is 3.26. The fraction of sp³-hybridized carbons (Fsp3) is 0.133. The highest BCUT2D eigenvalue weighted by Gasteiger charge is 2.10. The van der Waals surface area contributed by atoms with E-state index < -0.39 is 5.97 Å². The van der Waals surface area contributed by atoms with Crippen molar-refractivity contribution in [1.29, 1.82) is 0 Å². The van der Waals surface area contributed by atoms with Crippen molar-refractivity contribution < 1.29 is 9.90 Å². The smallest absolute Gasteiger partial charge is 0.337 e. The van der Waals surface area contributed by atoms with Gasteiger partial charge in [0.15, 0.2) is 0 Å². The molecule has 0 unspecified atom stereocenters. The van der Waals surface area contributed by atoms with Crippen molar-refractivity contribution in [2.75, 3.05) is 5.32 Å². The molecule has 0 radical (unpaired) electrons. The fourth-order valence-electron chi connectivity index (χ4n) is 1.82. The Bertz CT molecular complexity index is 611. The molecule has 2 N–H and O–H groups in total. The molecule has 19 heavy (non-hydrogen) atoms. The summed E-state index contributed by atoms with van der Waals surface area (Å²) in [7, 11) is 0. The lowest BCUT2D eigenvalue weighted by molar-refractivity contribution is 0.0698. The van der Waals surface area contributed by atoms with E-state index in [-0.39, 0.29) is 5.56 Å². The summed E-state index contributed by atoms with van der Waals surface area (Å²) < 4.78 is 0. The van der Waals surface area contributed by atoms with E-state index >= 15 is 0 Å². The molecule has 0 saturated carbocycles. The van der Waals surface area contributed by atoms with Crippen molar-refractivity contribution in [3.8, 4) is 0 Å². The van der Waals surface area contributed by atoms with E-state index in [1.807, 2.05) is 37.3 Å². The minimum absolute atomic E-state index is 0.262. The Kier molecular flexibility index (Phi) is 4.07. The molecule has 0 aliphatic heterocycles. The first-order valence-corrected chi connectivity index (χ1v) is 6.27. The summed E-state index contributed by atoms with van der Waals surface area (Å²) in [6, 6.07) is 12.7. The average Bonchev–Trinajstić information content (AvgIpc) is 2.37. The van der Waals surface area contributed by atoms with Gasteiger partial charge in [0.05, 0.1) is 5.56 Å². The molecule has 3 nitrogen and oxygen atoms in total. The predicted octanol–water partition coefficient (Wildman–Crippen LogP) is 3.96. The number of carboxylic acid groups (broad SMARTS) is 1. The van der Waals surface area contributed by atoms with Crippen LogP contribution in [0.5, 0.6) is 0 Å². The van der Waals surface area contributed by atoms with E-state index in [0.717, 1.165) is 11.1 Å². The maximum atomic E-state index is 11.1. The first kappa shape index (κ1) is 13.4. The Morgan fingerprint density at radius 2 is 2.00 bits per heavy atom. The molecule has 0 aliphatic rings. The third-order valence-electron chi connectivity index (χ3n) is 2.83. The van der Waals surface area contributed by atoms with Crippen LogP contribution in [0.15, 0.2) is 42.5 Å². The summed E-state index contributed by atoms with van der Waals surface area (Å²) in [5, 5.41) is 12.9.